The fraction of sp³-hybridized carbons (Fsp3) is 0.333. The van der Waals surface area contributed by atoms with Crippen LogP contribution in [-0.4, -0.2) is 31.2 Å². The van der Waals surface area contributed by atoms with Crippen LogP contribution in [0.25, 0.3) is 0 Å². The molecule has 0 radical (unpaired) electrons. The molecule has 3 N–H and O–H groups in total. The van der Waals surface area contributed by atoms with E-state index in [-0.39, 0.29) is 18.0 Å². The van der Waals surface area contributed by atoms with Gasteiger partial charge in [0.1, 0.15) is 5.76 Å². The Kier molecular flexibility index (Phi) is 5.35. The first-order chi connectivity index (χ1) is 12.1. The summed E-state index contributed by atoms with van der Waals surface area (Å²) in [6, 6.07) is 8.25. The van der Waals surface area contributed by atoms with Crippen LogP contribution in [0.2, 0.25) is 0 Å². The lowest BCUT2D eigenvalue weighted by Crippen LogP contribution is -2.35. The lowest BCUT2D eigenvalue weighted by molar-refractivity contribution is 0.102. The molecule has 3 rings (SSSR count). The van der Waals surface area contributed by atoms with Gasteiger partial charge < -0.3 is 25.1 Å². The van der Waals surface area contributed by atoms with Crippen LogP contribution >= 0.6 is 0 Å². The third-order valence-electron chi connectivity index (χ3n) is 4.02. The van der Waals surface area contributed by atoms with Gasteiger partial charge in [-0.05, 0) is 50.1 Å². The van der Waals surface area contributed by atoms with Crippen molar-refractivity contribution >= 4 is 23.3 Å². The summed E-state index contributed by atoms with van der Waals surface area (Å²) in [4.78, 5) is 24.0. The van der Waals surface area contributed by atoms with E-state index in [0.29, 0.717) is 29.2 Å². The molecule has 1 fully saturated rings. The summed E-state index contributed by atoms with van der Waals surface area (Å²) in [5.74, 6) is 0.333. The molecule has 1 aliphatic heterocycles. The van der Waals surface area contributed by atoms with Crippen molar-refractivity contribution in [2.24, 2.45) is 0 Å². The van der Waals surface area contributed by atoms with Crippen molar-refractivity contribution in [3.05, 3.63) is 47.9 Å². The number of urea groups is 1. The Labute approximate surface area is 145 Å². The lowest BCUT2D eigenvalue weighted by Gasteiger charge is -2.12. The summed E-state index contributed by atoms with van der Waals surface area (Å²) in [7, 11) is 0. The van der Waals surface area contributed by atoms with Crippen molar-refractivity contribution in [3.8, 4) is 0 Å². The number of benzene rings is 1. The van der Waals surface area contributed by atoms with E-state index in [1.807, 2.05) is 0 Å². The van der Waals surface area contributed by atoms with Crippen LogP contribution in [0, 0.1) is 6.92 Å². The summed E-state index contributed by atoms with van der Waals surface area (Å²) < 4.78 is 10.6. The van der Waals surface area contributed by atoms with Gasteiger partial charge in [0, 0.05) is 24.5 Å². The number of aryl methyl sites for hydroxylation is 1. The second-order valence-corrected chi connectivity index (χ2v) is 5.89. The highest BCUT2D eigenvalue weighted by atomic mass is 16.5. The third-order valence-corrected chi connectivity index (χ3v) is 4.02. The molecule has 2 aromatic rings. The summed E-state index contributed by atoms with van der Waals surface area (Å²) >= 11 is 0. The molecule has 3 amide bonds. The number of anilines is 2. The average Bonchev–Trinajstić information content (AvgIpc) is 3.26. The summed E-state index contributed by atoms with van der Waals surface area (Å²) in [5, 5.41) is 8.32. The van der Waals surface area contributed by atoms with Gasteiger partial charge in [-0.2, -0.15) is 0 Å². The Morgan fingerprint density at radius 2 is 1.84 bits per heavy atom. The minimum atomic E-state index is -0.277. The number of nitrogens with one attached hydrogen (secondary N) is 3. The molecule has 2 heterocycles. The molecule has 0 saturated carbocycles. The molecule has 1 atom stereocenters. The van der Waals surface area contributed by atoms with E-state index in [4.69, 9.17) is 9.15 Å². The number of hydrogen-bond acceptors (Lipinski definition) is 4. The summed E-state index contributed by atoms with van der Waals surface area (Å²) in [5.41, 5.74) is 1.77. The Hall–Kier alpha value is -2.80. The van der Waals surface area contributed by atoms with Crippen molar-refractivity contribution in [2.75, 3.05) is 23.8 Å². The molecule has 7 nitrogen and oxygen atoms in total. The molecule has 1 saturated heterocycles. The predicted molar refractivity (Wildman–Crippen MR) is 93.8 cm³/mol. The zero-order chi connectivity index (χ0) is 17.6. The minimum Gasteiger partial charge on any atom is -0.469 e. The van der Waals surface area contributed by atoms with Gasteiger partial charge in [0.25, 0.3) is 5.91 Å². The lowest BCUT2D eigenvalue weighted by atomic mass is 10.2. The van der Waals surface area contributed by atoms with Crippen LogP contribution < -0.4 is 16.0 Å². The fourth-order valence-electron chi connectivity index (χ4n) is 2.64. The predicted octanol–water partition coefficient (Wildman–Crippen LogP) is 3.14. The normalized spacial score (nSPS) is 16.4. The van der Waals surface area contributed by atoms with Crippen LogP contribution in [0.15, 0.2) is 41.0 Å². The number of carbonyl (C=O) groups is 2. The molecule has 7 heteroatoms. The first-order valence-electron chi connectivity index (χ1n) is 8.24. The van der Waals surface area contributed by atoms with Gasteiger partial charge >= 0.3 is 6.03 Å². The second-order valence-electron chi connectivity index (χ2n) is 5.89. The number of furan rings is 1. The molecule has 1 aromatic heterocycles. The summed E-state index contributed by atoms with van der Waals surface area (Å²) in [6.45, 7) is 3.00. The highest BCUT2D eigenvalue weighted by Crippen LogP contribution is 2.16. The van der Waals surface area contributed by atoms with Gasteiger partial charge in [-0.1, -0.05) is 0 Å². The number of carbonyl (C=O) groups excluding carboxylic acids is 2. The van der Waals surface area contributed by atoms with Gasteiger partial charge in [0.15, 0.2) is 0 Å². The van der Waals surface area contributed by atoms with Crippen LogP contribution in [0.3, 0.4) is 0 Å². The largest absolute Gasteiger partial charge is 0.469 e. The standard InChI is InChI=1S/C18H21N3O4/c1-12-16(8-10-24-12)17(22)20-13-4-6-14(7-5-13)21-18(23)19-11-15-3-2-9-25-15/h4-8,10,15H,2-3,9,11H2,1H3,(H,20,22)(H2,19,21,23). The zero-order valence-corrected chi connectivity index (χ0v) is 14.0. The third kappa shape index (κ3) is 4.60. The van der Waals surface area contributed by atoms with E-state index in [1.54, 1.807) is 37.3 Å². The molecule has 1 aliphatic rings. The molecule has 1 aromatic carbocycles. The van der Waals surface area contributed by atoms with Crippen molar-refractivity contribution in [1.82, 2.24) is 5.32 Å². The first kappa shape index (κ1) is 17.0. The van der Waals surface area contributed by atoms with Gasteiger partial charge in [0.2, 0.25) is 0 Å². The Morgan fingerprint density at radius 3 is 2.44 bits per heavy atom. The van der Waals surface area contributed by atoms with Crippen molar-refractivity contribution in [2.45, 2.75) is 25.9 Å². The molecule has 0 bridgehead atoms. The topological polar surface area (TPSA) is 92.6 Å². The van der Waals surface area contributed by atoms with E-state index >= 15 is 0 Å². The zero-order valence-electron chi connectivity index (χ0n) is 14.0. The van der Waals surface area contributed by atoms with Crippen LogP contribution in [0.4, 0.5) is 16.2 Å². The Morgan fingerprint density at radius 1 is 1.12 bits per heavy atom. The maximum absolute atomic E-state index is 12.1. The van der Waals surface area contributed by atoms with E-state index in [2.05, 4.69) is 16.0 Å². The molecular weight excluding hydrogens is 322 g/mol. The van der Waals surface area contributed by atoms with Crippen LogP contribution in [0.1, 0.15) is 29.0 Å². The molecular formula is C18H21N3O4. The highest BCUT2D eigenvalue weighted by Gasteiger charge is 2.16. The molecule has 1 unspecified atom stereocenters. The second kappa shape index (κ2) is 7.85. The highest BCUT2D eigenvalue weighted by molar-refractivity contribution is 6.05. The van der Waals surface area contributed by atoms with Crippen LogP contribution in [-0.2, 0) is 4.74 Å². The fourth-order valence-corrected chi connectivity index (χ4v) is 2.64. The monoisotopic (exact) mass is 343 g/mol. The Bertz CT molecular complexity index is 733. The maximum Gasteiger partial charge on any atom is 0.319 e. The maximum atomic E-state index is 12.1. The van der Waals surface area contributed by atoms with E-state index in [1.165, 1.54) is 6.26 Å². The number of ether oxygens (including phenoxy) is 1. The molecule has 0 aliphatic carbocycles. The van der Waals surface area contributed by atoms with E-state index < -0.39 is 0 Å². The summed E-state index contributed by atoms with van der Waals surface area (Å²) in [6.07, 6.45) is 3.60. The van der Waals surface area contributed by atoms with E-state index in [9.17, 15) is 9.59 Å². The SMILES string of the molecule is Cc1occc1C(=O)Nc1ccc(NC(=O)NCC2CCCO2)cc1. The van der Waals surface area contributed by atoms with Crippen molar-refractivity contribution in [1.29, 1.82) is 0 Å². The number of rotatable bonds is 5. The Balaban J connectivity index is 1.49. The number of amides is 3. The van der Waals surface area contributed by atoms with Gasteiger partial charge in [-0.3, -0.25) is 4.79 Å². The smallest absolute Gasteiger partial charge is 0.319 e. The minimum absolute atomic E-state index is 0.106. The molecule has 132 valence electrons. The van der Waals surface area contributed by atoms with Crippen LogP contribution in [0.5, 0.6) is 0 Å². The van der Waals surface area contributed by atoms with Crippen molar-refractivity contribution in [3.63, 3.8) is 0 Å². The quantitative estimate of drug-likeness (QED) is 0.777. The molecule has 0 spiro atoms. The first-order valence-corrected chi connectivity index (χ1v) is 8.24. The van der Waals surface area contributed by atoms with E-state index in [0.717, 1.165) is 19.4 Å². The molecule has 25 heavy (non-hydrogen) atoms. The number of hydrogen-bond donors (Lipinski definition) is 3. The van der Waals surface area contributed by atoms with Crippen molar-refractivity contribution < 1.29 is 18.7 Å². The van der Waals surface area contributed by atoms with Gasteiger partial charge in [0.05, 0.1) is 17.9 Å². The van der Waals surface area contributed by atoms with Gasteiger partial charge in [-0.25, -0.2) is 4.79 Å². The average molecular weight is 343 g/mol. The van der Waals surface area contributed by atoms with Gasteiger partial charge in [-0.15, -0.1) is 0 Å².